The summed E-state index contributed by atoms with van der Waals surface area (Å²) in [5, 5.41) is 4.80. The maximum atomic E-state index is 4.80. The Labute approximate surface area is 209 Å². The van der Waals surface area contributed by atoms with Gasteiger partial charge in [0.1, 0.15) is 0 Å². The first-order chi connectivity index (χ1) is 17.6. The van der Waals surface area contributed by atoms with Crippen LogP contribution in [0.4, 0.5) is 0 Å². The maximum absolute atomic E-state index is 4.80. The van der Waals surface area contributed by atoms with Crippen LogP contribution in [0.15, 0.2) is 96.8 Å². The van der Waals surface area contributed by atoms with Gasteiger partial charge in [-0.15, -0.1) is 0 Å². The van der Waals surface area contributed by atoms with Crippen molar-refractivity contribution < 1.29 is 0 Å². The van der Waals surface area contributed by atoms with E-state index in [1.807, 2.05) is 18.5 Å². The molecule has 0 bridgehead atoms. The molecular weight excluding hydrogens is 438 g/mol. The number of aromatic nitrogens is 3. The highest BCUT2D eigenvalue weighted by Crippen LogP contribution is 2.53. The zero-order valence-corrected chi connectivity index (χ0v) is 20.4. The van der Waals surface area contributed by atoms with Crippen LogP contribution in [0, 0.1) is 0 Å². The molecule has 3 aromatic carbocycles. The number of allylic oxidation sites excluding steroid dienone is 4. The second kappa shape index (κ2) is 6.92. The van der Waals surface area contributed by atoms with Gasteiger partial charge < -0.3 is 4.57 Å². The third-order valence-electron chi connectivity index (χ3n) is 8.39. The van der Waals surface area contributed by atoms with Gasteiger partial charge >= 0.3 is 0 Å². The van der Waals surface area contributed by atoms with E-state index < -0.39 is 0 Å². The highest BCUT2D eigenvalue weighted by Gasteiger charge is 2.39. The minimum atomic E-state index is 0.0519. The SMILES string of the molecule is CC1(C)C2=C(C=CCC2)c2c1ccc1c2c2ccccc2n1-c1cccc2ncc3cccnc3c12. The van der Waals surface area contributed by atoms with Crippen molar-refractivity contribution >= 4 is 49.2 Å². The van der Waals surface area contributed by atoms with Crippen molar-refractivity contribution in [3.05, 3.63) is 108 Å². The van der Waals surface area contributed by atoms with Gasteiger partial charge in [0.05, 0.1) is 33.1 Å². The van der Waals surface area contributed by atoms with E-state index >= 15 is 0 Å². The zero-order chi connectivity index (χ0) is 24.0. The molecule has 3 nitrogen and oxygen atoms in total. The van der Waals surface area contributed by atoms with E-state index in [2.05, 4.69) is 91.2 Å². The number of para-hydroxylation sites is 1. The molecule has 0 spiro atoms. The number of hydrogen-bond donors (Lipinski definition) is 0. The van der Waals surface area contributed by atoms with Crippen LogP contribution in [0.1, 0.15) is 37.8 Å². The molecule has 0 atom stereocenters. The van der Waals surface area contributed by atoms with Crippen LogP contribution in [0.2, 0.25) is 0 Å². The quantitative estimate of drug-likeness (QED) is 0.230. The van der Waals surface area contributed by atoms with Crippen molar-refractivity contribution in [1.29, 1.82) is 0 Å². The lowest BCUT2D eigenvalue weighted by Gasteiger charge is -2.25. The molecule has 3 heteroatoms. The number of pyridine rings is 2. The van der Waals surface area contributed by atoms with E-state index in [1.54, 1.807) is 5.57 Å². The molecule has 6 aromatic rings. The third kappa shape index (κ3) is 2.42. The van der Waals surface area contributed by atoms with Gasteiger partial charge in [0.15, 0.2) is 0 Å². The summed E-state index contributed by atoms with van der Waals surface area (Å²) < 4.78 is 2.43. The Balaban J connectivity index is 1.58. The Morgan fingerprint density at radius 2 is 1.75 bits per heavy atom. The fourth-order valence-corrected chi connectivity index (χ4v) is 6.77. The summed E-state index contributed by atoms with van der Waals surface area (Å²) in [4.78, 5) is 9.60. The Kier molecular flexibility index (Phi) is 3.84. The van der Waals surface area contributed by atoms with Gasteiger partial charge in [-0.1, -0.05) is 61.9 Å². The summed E-state index contributed by atoms with van der Waals surface area (Å²) in [5.41, 5.74) is 11.5. The fourth-order valence-electron chi connectivity index (χ4n) is 6.77. The van der Waals surface area contributed by atoms with Crippen LogP contribution in [-0.2, 0) is 5.41 Å². The molecule has 3 heterocycles. The summed E-state index contributed by atoms with van der Waals surface area (Å²) in [7, 11) is 0. The van der Waals surface area contributed by atoms with E-state index in [4.69, 9.17) is 9.97 Å². The van der Waals surface area contributed by atoms with Crippen LogP contribution in [0.3, 0.4) is 0 Å². The number of nitrogens with zero attached hydrogens (tertiary/aromatic N) is 3. The summed E-state index contributed by atoms with van der Waals surface area (Å²) in [5.74, 6) is 0. The molecule has 2 aliphatic rings. The van der Waals surface area contributed by atoms with E-state index in [-0.39, 0.29) is 5.41 Å². The van der Waals surface area contributed by atoms with Crippen molar-refractivity contribution in [1.82, 2.24) is 14.5 Å². The van der Waals surface area contributed by atoms with E-state index in [1.165, 1.54) is 38.5 Å². The predicted octanol–water partition coefficient (Wildman–Crippen LogP) is 8.27. The molecule has 2 aliphatic carbocycles. The number of hydrogen-bond acceptors (Lipinski definition) is 2. The zero-order valence-electron chi connectivity index (χ0n) is 20.4. The first-order valence-corrected chi connectivity index (χ1v) is 12.7. The second-order valence-corrected chi connectivity index (χ2v) is 10.6. The molecule has 0 saturated carbocycles. The lowest BCUT2D eigenvalue weighted by molar-refractivity contribution is 0.608. The Morgan fingerprint density at radius 3 is 2.69 bits per heavy atom. The van der Waals surface area contributed by atoms with Crippen LogP contribution >= 0.6 is 0 Å². The normalized spacial score (nSPS) is 16.4. The average molecular weight is 464 g/mol. The minimum absolute atomic E-state index is 0.0519. The molecule has 0 amide bonds. The molecule has 0 unspecified atom stereocenters. The van der Waals surface area contributed by atoms with Gasteiger partial charge in [0.2, 0.25) is 0 Å². The summed E-state index contributed by atoms with van der Waals surface area (Å²) in [6, 6.07) is 24.0. The second-order valence-electron chi connectivity index (χ2n) is 10.6. The van der Waals surface area contributed by atoms with Crippen molar-refractivity contribution in [3.63, 3.8) is 0 Å². The number of fused-ring (bicyclic) bond motifs is 9. The van der Waals surface area contributed by atoms with Crippen molar-refractivity contribution in [2.45, 2.75) is 32.1 Å². The van der Waals surface area contributed by atoms with Crippen molar-refractivity contribution in [3.8, 4) is 5.69 Å². The van der Waals surface area contributed by atoms with Crippen LogP contribution in [-0.4, -0.2) is 14.5 Å². The smallest absolute Gasteiger partial charge is 0.0832 e. The summed E-state index contributed by atoms with van der Waals surface area (Å²) in [6.07, 6.45) is 10.8. The standard InChI is InChI=1S/C33H25N3/c1-33(2)23-12-5-3-10-21(23)29-24(33)16-17-28-30(29)22-11-4-6-14-26(22)36(28)27-15-7-13-25-31(27)32-20(19-35-25)9-8-18-34-32/h3-4,6-11,13-19H,5,12H2,1-2H3. The highest BCUT2D eigenvalue weighted by atomic mass is 15.0. The van der Waals surface area contributed by atoms with Crippen molar-refractivity contribution in [2.75, 3.05) is 0 Å². The van der Waals surface area contributed by atoms with Crippen molar-refractivity contribution in [2.24, 2.45) is 0 Å². The predicted molar refractivity (Wildman–Crippen MR) is 150 cm³/mol. The summed E-state index contributed by atoms with van der Waals surface area (Å²) in [6.45, 7) is 4.79. The minimum Gasteiger partial charge on any atom is -0.308 e. The van der Waals surface area contributed by atoms with Gasteiger partial charge in [0.25, 0.3) is 0 Å². The lowest BCUT2D eigenvalue weighted by atomic mass is 9.78. The first kappa shape index (κ1) is 20.0. The van der Waals surface area contributed by atoms with E-state index in [9.17, 15) is 0 Å². The average Bonchev–Trinajstić information content (AvgIpc) is 3.37. The molecule has 8 rings (SSSR count). The Bertz CT molecular complexity index is 1970. The first-order valence-electron chi connectivity index (χ1n) is 12.7. The summed E-state index contributed by atoms with van der Waals surface area (Å²) >= 11 is 0. The van der Waals surface area contributed by atoms with Gasteiger partial charge in [-0.2, -0.15) is 0 Å². The monoisotopic (exact) mass is 463 g/mol. The highest BCUT2D eigenvalue weighted by molar-refractivity contribution is 6.18. The van der Waals surface area contributed by atoms with Gasteiger partial charge in [-0.3, -0.25) is 9.97 Å². The molecule has 0 radical (unpaired) electrons. The molecule has 172 valence electrons. The molecule has 36 heavy (non-hydrogen) atoms. The molecule has 0 aliphatic heterocycles. The Hall–Kier alpha value is -4.24. The van der Waals surface area contributed by atoms with Gasteiger partial charge in [0, 0.05) is 34.0 Å². The van der Waals surface area contributed by atoms with Gasteiger partial charge in [-0.25, -0.2) is 0 Å². The molecule has 0 saturated heterocycles. The van der Waals surface area contributed by atoms with Crippen LogP contribution in [0.5, 0.6) is 0 Å². The van der Waals surface area contributed by atoms with E-state index in [0.29, 0.717) is 0 Å². The fraction of sp³-hybridized carbons (Fsp3) is 0.152. The Morgan fingerprint density at radius 1 is 0.833 bits per heavy atom. The van der Waals surface area contributed by atoms with E-state index in [0.717, 1.165) is 40.3 Å². The molecule has 0 N–H and O–H groups in total. The lowest BCUT2D eigenvalue weighted by Crippen LogP contribution is -2.17. The molecule has 0 fully saturated rings. The van der Waals surface area contributed by atoms with Crippen LogP contribution in [0.25, 0.3) is 54.9 Å². The largest absolute Gasteiger partial charge is 0.308 e. The topological polar surface area (TPSA) is 30.7 Å². The maximum Gasteiger partial charge on any atom is 0.0832 e. The van der Waals surface area contributed by atoms with Gasteiger partial charge in [-0.05, 0) is 65.9 Å². The molecular formula is C33H25N3. The number of benzene rings is 3. The van der Waals surface area contributed by atoms with Crippen LogP contribution < -0.4 is 0 Å². The molecule has 3 aromatic heterocycles. The third-order valence-corrected chi connectivity index (χ3v) is 8.39. The number of rotatable bonds is 1.